The summed E-state index contributed by atoms with van der Waals surface area (Å²) in [5, 5.41) is 16.5. The molecule has 154 valence electrons. The summed E-state index contributed by atoms with van der Waals surface area (Å²) in [6, 6.07) is 14.3. The molecule has 0 saturated carbocycles. The fraction of sp³-hybridized carbons (Fsp3) is 0.182. The number of pyridine rings is 1. The third kappa shape index (κ3) is 5.00. The molecular weight excluding hydrogens is 393 g/mol. The second-order valence-electron chi connectivity index (χ2n) is 6.53. The second-order valence-corrected chi connectivity index (χ2v) is 6.53. The van der Waals surface area contributed by atoms with E-state index in [1.165, 1.54) is 6.07 Å². The lowest BCUT2D eigenvalue weighted by molar-refractivity contribution is -0.153. The second kappa shape index (κ2) is 8.74. The summed E-state index contributed by atoms with van der Waals surface area (Å²) in [7, 11) is 1.80. The highest BCUT2D eigenvalue weighted by molar-refractivity contribution is 5.99. The zero-order valence-corrected chi connectivity index (χ0v) is 16.2. The predicted octanol–water partition coefficient (Wildman–Crippen LogP) is 5.38. The van der Waals surface area contributed by atoms with E-state index >= 15 is 0 Å². The van der Waals surface area contributed by atoms with Crippen molar-refractivity contribution in [1.29, 1.82) is 5.26 Å². The Morgan fingerprint density at radius 3 is 2.67 bits per heavy atom. The Balaban J connectivity index is 2.09. The fourth-order valence-corrected chi connectivity index (χ4v) is 2.90. The van der Waals surface area contributed by atoms with E-state index in [4.69, 9.17) is 10.00 Å². The number of benzene rings is 2. The normalized spacial score (nSPS) is 11.0. The number of halogens is 3. The molecule has 2 aromatic carbocycles. The summed E-state index contributed by atoms with van der Waals surface area (Å²) in [6.45, 7) is 2.27. The molecule has 0 aliphatic carbocycles. The molecule has 0 aliphatic rings. The first kappa shape index (κ1) is 21.0. The Hall–Kier alpha value is -3.73. The molecule has 0 amide bonds. The van der Waals surface area contributed by atoms with Crippen molar-refractivity contribution < 1.29 is 17.9 Å². The van der Waals surface area contributed by atoms with Crippen LogP contribution in [0, 0.1) is 11.3 Å². The SMILES string of the molecule is C=C(C#N)CNc1c(OCC(F)(F)F)ccc2ccc(-c3cc(NC)ccn3)cc12. The van der Waals surface area contributed by atoms with Crippen LogP contribution in [-0.2, 0) is 0 Å². The Morgan fingerprint density at radius 1 is 1.20 bits per heavy atom. The minimum absolute atomic E-state index is 0.0413. The van der Waals surface area contributed by atoms with E-state index in [9.17, 15) is 13.2 Å². The molecule has 0 bridgehead atoms. The molecular formula is C22H19F3N4O. The van der Waals surface area contributed by atoms with Gasteiger partial charge in [0.2, 0.25) is 0 Å². The van der Waals surface area contributed by atoms with Crippen LogP contribution in [0.5, 0.6) is 5.75 Å². The van der Waals surface area contributed by atoms with Crippen LogP contribution in [0.2, 0.25) is 0 Å². The summed E-state index contributed by atoms with van der Waals surface area (Å²) >= 11 is 0. The average Bonchev–Trinajstić information content (AvgIpc) is 2.75. The van der Waals surface area contributed by atoms with E-state index < -0.39 is 12.8 Å². The first-order valence-electron chi connectivity index (χ1n) is 9.03. The van der Waals surface area contributed by atoms with Crippen LogP contribution in [0.25, 0.3) is 22.0 Å². The van der Waals surface area contributed by atoms with E-state index in [1.807, 2.05) is 36.4 Å². The van der Waals surface area contributed by atoms with Gasteiger partial charge in [0.15, 0.2) is 6.61 Å². The highest BCUT2D eigenvalue weighted by atomic mass is 19.4. The number of nitriles is 1. The molecule has 2 N–H and O–H groups in total. The van der Waals surface area contributed by atoms with Crippen LogP contribution in [0.4, 0.5) is 24.5 Å². The molecule has 3 rings (SSSR count). The van der Waals surface area contributed by atoms with Crippen LogP contribution in [0.3, 0.4) is 0 Å². The number of hydrogen-bond acceptors (Lipinski definition) is 5. The number of nitrogens with zero attached hydrogens (tertiary/aromatic N) is 2. The largest absolute Gasteiger partial charge is 0.482 e. The minimum Gasteiger partial charge on any atom is -0.482 e. The maximum atomic E-state index is 12.7. The molecule has 1 heterocycles. The van der Waals surface area contributed by atoms with Gasteiger partial charge in [-0.25, -0.2) is 0 Å². The maximum Gasteiger partial charge on any atom is 0.422 e. The molecule has 0 radical (unpaired) electrons. The van der Waals surface area contributed by atoms with Crippen molar-refractivity contribution in [3.05, 3.63) is 60.8 Å². The number of rotatable bonds is 7. The summed E-state index contributed by atoms with van der Waals surface area (Å²) in [5.74, 6) is 0.0413. The third-order valence-electron chi connectivity index (χ3n) is 4.36. The highest BCUT2D eigenvalue weighted by Crippen LogP contribution is 2.36. The van der Waals surface area contributed by atoms with Crippen molar-refractivity contribution in [2.24, 2.45) is 0 Å². The van der Waals surface area contributed by atoms with Crippen LogP contribution in [0.1, 0.15) is 0 Å². The third-order valence-corrected chi connectivity index (χ3v) is 4.36. The standard InChI is InChI=1S/C22H19F3N4O/c1-14(11-26)12-29-21-18-9-16(19-10-17(27-2)7-8-28-19)4-3-15(18)5-6-20(21)30-13-22(23,24)25/h3-10,29H,1,12-13H2,2H3,(H,27,28). The molecule has 3 aromatic rings. The monoisotopic (exact) mass is 412 g/mol. The molecule has 0 fully saturated rings. The number of hydrogen-bond donors (Lipinski definition) is 2. The molecule has 0 aliphatic heterocycles. The van der Waals surface area contributed by atoms with E-state index in [-0.39, 0.29) is 17.9 Å². The summed E-state index contributed by atoms with van der Waals surface area (Å²) < 4.78 is 43.1. The summed E-state index contributed by atoms with van der Waals surface area (Å²) in [4.78, 5) is 4.38. The van der Waals surface area contributed by atoms with Crippen molar-refractivity contribution in [1.82, 2.24) is 4.98 Å². The van der Waals surface area contributed by atoms with Gasteiger partial charge >= 0.3 is 6.18 Å². The van der Waals surface area contributed by atoms with Crippen molar-refractivity contribution in [3.63, 3.8) is 0 Å². The smallest absolute Gasteiger partial charge is 0.422 e. The first-order valence-corrected chi connectivity index (χ1v) is 9.03. The topological polar surface area (TPSA) is 70.0 Å². The number of nitrogens with one attached hydrogen (secondary N) is 2. The molecule has 0 saturated heterocycles. The number of fused-ring (bicyclic) bond motifs is 1. The number of anilines is 2. The average molecular weight is 412 g/mol. The minimum atomic E-state index is -4.47. The zero-order valence-electron chi connectivity index (χ0n) is 16.2. The molecule has 0 unspecified atom stereocenters. The quantitative estimate of drug-likeness (QED) is 0.510. The van der Waals surface area contributed by atoms with Crippen molar-refractivity contribution in [2.45, 2.75) is 6.18 Å². The van der Waals surface area contributed by atoms with E-state index in [1.54, 1.807) is 19.3 Å². The van der Waals surface area contributed by atoms with Gasteiger partial charge in [0, 0.05) is 42.0 Å². The van der Waals surface area contributed by atoms with Crippen LogP contribution >= 0.6 is 0 Å². The van der Waals surface area contributed by atoms with Gasteiger partial charge in [0.05, 0.1) is 17.5 Å². The van der Waals surface area contributed by atoms with Crippen molar-refractivity contribution >= 4 is 22.1 Å². The highest BCUT2D eigenvalue weighted by Gasteiger charge is 2.29. The van der Waals surface area contributed by atoms with Crippen molar-refractivity contribution in [3.8, 4) is 23.1 Å². The van der Waals surface area contributed by atoms with Gasteiger partial charge in [-0.05, 0) is 29.7 Å². The first-order chi connectivity index (χ1) is 14.3. The fourth-order valence-electron chi connectivity index (χ4n) is 2.90. The van der Waals surface area contributed by atoms with Gasteiger partial charge < -0.3 is 15.4 Å². The predicted molar refractivity (Wildman–Crippen MR) is 112 cm³/mol. The zero-order chi connectivity index (χ0) is 21.7. The van der Waals surface area contributed by atoms with Gasteiger partial charge in [-0.2, -0.15) is 18.4 Å². The molecule has 1 aromatic heterocycles. The van der Waals surface area contributed by atoms with E-state index in [0.717, 1.165) is 16.6 Å². The lowest BCUT2D eigenvalue weighted by Gasteiger charge is -2.17. The Morgan fingerprint density at radius 2 is 1.97 bits per heavy atom. The number of ether oxygens (including phenoxy) is 1. The van der Waals surface area contributed by atoms with Gasteiger partial charge in [0.1, 0.15) is 5.75 Å². The van der Waals surface area contributed by atoms with Crippen LogP contribution < -0.4 is 15.4 Å². The maximum absolute atomic E-state index is 12.7. The summed E-state index contributed by atoms with van der Waals surface area (Å²) in [6.07, 6.45) is -2.80. The Kier molecular flexibility index (Phi) is 6.11. The van der Waals surface area contributed by atoms with Crippen molar-refractivity contribution in [2.75, 3.05) is 30.8 Å². The van der Waals surface area contributed by atoms with Gasteiger partial charge in [-0.15, -0.1) is 0 Å². The molecule has 30 heavy (non-hydrogen) atoms. The van der Waals surface area contributed by atoms with E-state index in [0.29, 0.717) is 16.8 Å². The Bertz CT molecular complexity index is 1120. The van der Waals surface area contributed by atoms with Crippen LogP contribution in [0.15, 0.2) is 60.8 Å². The lowest BCUT2D eigenvalue weighted by Crippen LogP contribution is -2.20. The molecule has 5 nitrogen and oxygen atoms in total. The Labute approximate surface area is 171 Å². The van der Waals surface area contributed by atoms with E-state index in [2.05, 4.69) is 22.2 Å². The molecule has 0 spiro atoms. The summed E-state index contributed by atoms with van der Waals surface area (Å²) in [5.41, 5.74) is 2.98. The van der Waals surface area contributed by atoms with Crippen LogP contribution in [-0.4, -0.2) is 31.4 Å². The van der Waals surface area contributed by atoms with Gasteiger partial charge in [-0.3, -0.25) is 4.98 Å². The van der Waals surface area contributed by atoms with Gasteiger partial charge in [-0.1, -0.05) is 24.8 Å². The molecule has 0 atom stereocenters. The molecule has 8 heteroatoms. The number of alkyl halides is 3. The lowest BCUT2D eigenvalue weighted by atomic mass is 10.0. The van der Waals surface area contributed by atoms with Gasteiger partial charge in [0.25, 0.3) is 0 Å². The number of aromatic nitrogens is 1.